The number of aryl methyl sites for hydroxylation is 2. The summed E-state index contributed by atoms with van der Waals surface area (Å²) in [4.78, 5) is 11.9. The molecule has 0 atom stereocenters. The highest BCUT2D eigenvalue weighted by Gasteiger charge is 2.32. The van der Waals surface area contributed by atoms with Gasteiger partial charge in [-0.05, 0) is 36.8 Å². The second-order valence-electron chi connectivity index (χ2n) is 4.49. The van der Waals surface area contributed by atoms with Crippen molar-refractivity contribution in [2.75, 3.05) is 5.32 Å². The normalized spacial score (nSPS) is 11.4. The van der Waals surface area contributed by atoms with Crippen LogP contribution in [-0.2, 0) is 13.2 Å². The van der Waals surface area contributed by atoms with Gasteiger partial charge in [0.05, 0.1) is 5.56 Å². The van der Waals surface area contributed by atoms with Gasteiger partial charge in [-0.25, -0.2) is 0 Å². The minimum absolute atomic E-state index is 0.120. The summed E-state index contributed by atoms with van der Waals surface area (Å²) >= 11 is 0. The van der Waals surface area contributed by atoms with Crippen LogP contribution in [0.15, 0.2) is 36.5 Å². The van der Waals surface area contributed by atoms with Gasteiger partial charge in [0, 0.05) is 18.9 Å². The monoisotopic (exact) mass is 282 g/mol. The highest BCUT2D eigenvalue weighted by molar-refractivity contribution is 6.03. The van der Waals surface area contributed by atoms with E-state index >= 15 is 0 Å². The van der Waals surface area contributed by atoms with Gasteiger partial charge in [-0.15, -0.1) is 0 Å². The molecule has 0 radical (unpaired) electrons. The summed E-state index contributed by atoms with van der Waals surface area (Å²) in [6.07, 6.45) is -2.75. The average Bonchev–Trinajstić information content (AvgIpc) is 2.76. The summed E-state index contributed by atoms with van der Waals surface area (Å²) in [5.74, 6) is -0.450. The van der Waals surface area contributed by atoms with E-state index in [4.69, 9.17) is 0 Å². The Morgan fingerprint density at radius 3 is 2.50 bits per heavy atom. The number of hydrogen-bond acceptors (Lipinski definition) is 1. The van der Waals surface area contributed by atoms with Gasteiger partial charge in [-0.2, -0.15) is 13.2 Å². The van der Waals surface area contributed by atoms with E-state index in [-0.39, 0.29) is 11.3 Å². The Morgan fingerprint density at radius 2 is 1.95 bits per heavy atom. The van der Waals surface area contributed by atoms with Gasteiger partial charge in [0.15, 0.2) is 0 Å². The molecule has 6 heteroatoms. The number of carbonyl (C=O) groups excluding carboxylic acids is 1. The molecule has 0 aliphatic carbocycles. The number of amides is 1. The second-order valence-corrected chi connectivity index (χ2v) is 4.49. The van der Waals surface area contributed by atoms with E-state index in [0.717, 1.165) is 6.07 Å². The molecule has 2 rings (SSSR count). The Kier molecular flexibility index (Phi) is 3.57. The minimum atomic E-state index is -4.43. The summed E-state index contributed by atoms with van der Waals surface area (Å²) in [5, 5.41) is 2.47. The number of anilines is 1. The van der Waals surface area contributed by atoms with Gasteiger partial charge >= 0.3 is 6.18 Å². The first kappa shape index (κ1) is 14.2. The van der Waals surface area contributed by atoms with E-state index < -0.39 is 17.6 Å². The van der Waals surface area contributed by atoms with E-state index in [1.807, 2.05) is 0 Å². The Hall–Kier alpha value is -2.24. The first-order valence-electron chi connectivity index (χ1n) is 5.89. The summed E-state index contributed by atoms with van der Waals surface area (Å²) in [5.41, 5.74) is -0.134. The molecular weight excluding hydrogens is 269 g/mol. The molecule has 1 N–H and O–H groups in total. The Balaban J connectivity index is 2.27. The maximum Gasteiger partial charge on any atom is 0.416 e. The average molecular weight is 282 g/mol. The molecule has 2 aromatic rings. The molecule has 3 nitrogen and oxygen atoms in total. The fraction of sp³-hybridized carbons (Fsp3) is 0.214. The van der Waals surface area contributed by atoms with Gasteiger partial charge in [-0.3, -0.25) is 4.79 Å². The van der Waals surface area contributed by atoms with Crippen LogP contribution in [0.2, 0.25) is 0 Å². The van der Waals surface area contributed by atoms with Crippen molar-refractivity contribution in [2.45, 2.75) is 13.1 Å². The molecular formula is C14H13F3N2O. The van der Waals surface area contributed by atoms with Crippen LogP contribution in [0, 0.1) is 6.92 Å². The summed E-state index contributed by atoms with van der Waals surface area (Å²) in [6, 6.07) is 7.00. The van der Waals surface area contributed by atoms with Crippen molar-refractivity contribution in [1.82, 2.24) is 4.57 Å². The van der Waals surface area contributed by atoms with Crippen LogP contribution in [0.4, 0.5) is 18.9 Å². The van der Waals surface area contributed by atoms with Crippen molar-refractivity contribution >= 4 is 11.6 Å². The van der Waals surface area contributed by atoms with Gasteiger partial charge in [0.25, 0.3) is 5.91 Å². The molecule has 0 bridgehead atoms. The van der Waals surface area contributed by atoms with Crippen molar-refractivity contribution in [3.05, 3.63) is 53.3 Å². The molecule has 106 valence electrons. The van der Waals surface area contributed by atoms with Crippen LogP contribution in [-0.4, -0.2) is 10.5 Å². The predicted molar refractivity (Wildman–Crippen MR) is 69.5 cm³/mol. The maximum atomic E-state index is 12.8. The second kappa shape index (κ2) is 5.03. The topological polar surface area (TPSA) is 34.0 Å². The molecule has 0 unspecified atom stereocenters. The summed E-state index contributed by atoms with van der Waals surface area (Å²) < 4.78 is 40.0. The fourth-order valence-electron chi connectivity index (χ4n) is 1.90. The lowest BCUT2D eigenvalue weighted by Gasteiger charge is -2.13. The number of hydrogen-bond donors (Lipinski definition) is 1. The molecule has 0 spiro atoms. The lowest BCUT2D eigenvalue weighted by Crippen LogP contribution is -2.16. The molecule has 0 saturated heterocycles. The third-order valence-electron chi connectivity index (χ3n) is 2.98. The maximum absolute atomic E-state index is 12.8. The first-order chi connectivity index (χ1) is 9.29. The molecule has 1 aromatic carbocycles. The Labute approximate surface area is 114 Å². The number of alkyl halides is 3. The molecule has 1 heterocycles. The lowest BCUT2D eigenvalue weighted by atomic mass is 10.1. The van der Waals surface area contributed by atoms with Crippen LogP contribution in [0.25, 0.3) is 0 Å². The minimum Gasteiger partial charge on any atom is -0.347 e. The van der Waals surface area contributed by atoms with Gasteiger partial charge in [0.2, 0.25) is 0 Å². The van der Waals surface area contributed by atoms with Crippen molar-refractivity contribution < 1.29 is 18.0 Å². The number of nitrogens with zero attached hydrogens (tertiary/aromatic N) is 1. The molecule has 0 saturated carbocycles. The van der Waals surface area contributed by atoms with Crippen molar-refractivity contribution in [2.24, 2.45) is 7.05 Å². The molecule has 0 aliphatic heterocycles. The zero-order chi connectivity index (χ0) is 14.9. The first-order valence-corrected chi connectivity index (χ1v) is 5.89. The number of halogens is 3. The molecule has 0 aliphatic rings. The smallest absolute Gasteiger partial charge is 0.347 e. The zero-order valence-corrected chi connectivity index (χ0v) is 11.0. The lowest BCUT2D eigenvalue weighted by molar-refractivity contribution is -0.138. The van der Waals surface area contributed by atoms with Crippen molar-refractivity contribution in [3.63, 3.8) is 0 Å². The van der Waals surface area contributed by atoms with Gasteiger partial charge in [0.1, 0.15) is 5.69 Å². The molecule has 20 heavy (non-hydrogen) atoms. The summed E-state index contributed by atoms with van der Waals surface area (Å²) in [6.45, 7) is 1.38. The Morgan fingerprint density at radius 1 is 1.25 bits per heavy atom. The standard InChI is InChI=1S/C14H13F3N2O/c1-9-5-6-10(8-11(9)14(15,16)17)18-13(20)12-4-3-7-19(12)2/h3-8H,1-2H3,(H,18,20). The summed E-state index contributed by atoms with van der Waals surface area (Å²) in [7, 11) is 1.69. The number of benzene rings is 1. The van der Waals surface area contributed by atoms with Crippen molar-refractivity contribution in [1.29, 1.82) is 0 Å². The largest absolute Gasteiger partial charge is 0.416 e. The predicted octanol–water partition coefficient (Wildman–Crippen LogP) is 3.60. The highest BCUT2D eigenvalue weighted by atomic mass is 19.4. The van der Waals surface area contributed by atoms with E-state index in [0.29, 0.717) is 5.69 Å². The van der Waals surface area contributed by atoms with Gasteiger partial charge in [-0.1, -0.05) is 6.07 Å². The molecule has 0 fully saturated rings. The molecule has 1 aromatic heterocycles. The molecule has 1 amide bonds. The fourth-order valence-corrected chi connectivity index (χ4v) is 1.90. The van der Waals surface area contributed by atoms with Crippen LogP contribution in [0.1, 0.15) is 21.6 Å². The van der Waals surface area contributed by atoms with Crippen LogP contribution < -0.4 is 5.32 Å². The number of nitrogens with one attached hydrogen (secondary N) is 1. The van der Waals surface area contributed by atoms with Crippen LogP contribution in [0.3, 0.4) is 0 Å². The van der Waals surface area contributed by atoms with E-state index in [1.54, 1.807) is 29.9 Å². The highest BCUT2D eigenvalue weighted by Crippen LogP contribution is 2.33. The van der Waals surface area contributed by atoms with Crippen molar-refractivity contribution in [3.8, 4) is 0 Å². The number of carbonyl (C=O) groups is 1. The third kappa shape index (κ3) is 2.84. The SMILES string of the molecule is Cc1ccc(NC(=O)c2cccn2C)cc1C(F)(F)F. The van der Waals surface area contributed by atoms with E-state index in [1.165, 1.54) is 19.1 Å². The van der Waals surface area contributed by atoms with Crippen LogP contribution >= 0.6 is 0 Å². The van der Waals surface area contributed by atoms with Crippen LogP contribution in [0.5, 0.6) is 0 Å². The quantitative estimate of drug-likeness (QED) is 0.897. The number of rotatable bonds is 2. The zero-order valence-electron chi connectivity index (χ0n) is 11.0. The van der Waals surface area contributed by atoms with E-state index in [2.05, 4.69) is 5.32 Å². The van der Waals surface area contributed by atoms with E-state index in [9.17, 15) is 18.0 Å². The third-order valence-corrected chi connectivity index (χ3v) is 2.98. The number of aromatic nitrogens is 1. The Bertz CT molecular complexity index is 644. The van der Waals surface area contributed by atoms with Gasteiger partial charge < -0.3 is 9.88 Å².